The summed E-state index contributed by atoms with van der Waals surface area (Å²) in [7, 11) is 0. The molecule has 0 aromatic heterocycles. The first-order chi connectivity index (χ1) is 11.0. The highest BCUT2D eigenvalue weighted by atomic mass is 16.5. The molecule has 1 unspecified atom stereocenters. The summed E-state index contributed by atoms with van der Waals surface area (Å²) >= 11 is 0. The third-order valence-electron chi connectivity index (χ3n) is 4.93. The van der Waals surface area contributed by atoms with Gasteiger partial charge in [-0.25, -0.2) is 0 Å². The molecule has 2 aliphatic rings. The number of carboxylic acids is 1. The van der Waals surface area contributed by atoms with Gasteiger partial charge in [-0.2, -0.15) is 0 Å². The molecule has 1 atom stereocenters. The number of benzene rings is 1. The molecule has 1 spiro atoms. The molecule has 1 aromatic carbocycles. The predicted molar refractivity (Wildman–Crippen MR) is 85.1 cm³/mol. The van der Waals surface area contributed by atoms with Gasteiger partial charge >= 0.3 is 5.97 Å². The topological polar surface area (TPSA) is 75.6 Å². The molecule has 2 fully saturated rings. The summed E-state index contributed by atoms with van der Waals surface area (Å²) in [5.74, 6) is -1.02. The molecule has 1 saturated carbocycles. The summed E-state index contributed by atoms with van der Waals surface area (Å²) < 4.78 is 5.81. The first-order valence-electron chi connectivity index (χ1n) is 8.17. The van der Waals surface area contributed by atoms with Gasteiger partial charge in [0.15, 0.2) is 0 Å². The van der Waals surface area contributed by atoms with Gasteiger partial charge in [-0.3, -0.25) is 9.59 Å². The zero-order valence-corrected chi connectivity index (χ0v) is 13.4. The monoisotopic (exact) mass is 317 g/mol. The lowest BCUT2D eigenvalue weighted by atomic mass is 9.66. The Kier molecular flexibility index (Phi) is 4.39. The minimum absolute atomic E-state index is 0.0185. The second-order valence-electron chi connectivity index (χ2n) is 6.89. The predicted octanol–water partition coefficient (Wildman–Crippen LogP) is 2.07. The van der Waals surface area contributed by atoms with E-state index in [-0.39, 0.29) is 23.5 Å². The second-order valence-corrected chi connectivity index (χ2v) is 6.89. The van der Waals surface area contributed by atoms with Gasteiger partial charge in [-0.1, -0.05) is 29.8 Å². The summed E-state index contributed by atoms with van der Waals surface area (Å²) in [4.78, 5) is 23.2. The van der Waals surface area contributed by atoms with Gasteiger partial charge < -0.3 is 15.2 Å². The van der Waals surface area contributed by atoms with Crippen molar-refractivity contribution in [3.05, 3.63) is 35.4 Å². The number of carbonyl (C=O) groups excluding carboxylic acids is 1. The fourth-order valence-corrected chi connectivity index (χ4v) is 3.62. The number of nitrogens with one attached hydrogen (secondary N) is 1. The van der Waals surface area contributed by atoms with Crippen LogP contribution in [0.25, 0.3) is 0 Å². The fourth-order valence-electron chi connectivity index (χ4n) is 3.62. The Morgan fingerprint density at radius 2 is 1.96 bits per heavy atom. The van der Waals surface area contributed by atoms with Crippen LogP contribution in [0, 0.1) is 12.8 Å². The minimum atomic E-state index is -0.746. The van der Waals surface area contributed by atoms with E-state index < -0.39 is 5.97 Å². The number of ether oxygens (including phenoxy) is 1. The lowest BCUT2D eigenvalue weighted by molar-refractivity contribution is -0.182. The van der Waals surface area contributed by atoms with Crippen molar-refractivity contribution in [2.24, 2.45) is 5.92 Å². The molecule has 1 aliphatic carbocycles. The van der Waals surface area contributed by atoms with Crippen LogP contribution in [0.5, 0.6) is 0 Å². The maximum atomic E-state index is 12.2. The summed E-state index contributed by atoms with van der Waals surface area (Å²) in [6.45, 7) is 2.61. The van der Waals surface area contributed by atoms with Crippen molar-refractivity contribution in [1.82, 2.24) is 5.32 Å². The summed E-state index contributed by atoms with van der Waals surface area (Å²) in [6, 6.07) is 8.04. The van der Waals surface area contributed by atoms with E-state index in [9.17, 15) is 9.59 Å². The Hall–Kier alpha value is -1.88. The van der Waals surface area contributed by atoms with Gasteiger partial charge in [0.2, 0.25) is 5.91 Å². The van der Waals surface area contributed by atoms with Crippen molar-refractivity contribution in [3.63, 3.8) is 0 Å². The number of carboxylic acid groups (broad SMARTS) is 1. The normalized spacial score (nSPS) is 29.8. The zero-order valence-electron chi connectivity index (χ0n) is 13.4. The largest absolute Gasteiger partial charge is 0.481 e. The van der Waals surface area contributed by atoms with E-state index in [2.05, 4.69) is 5.32 Å². The van der Waals surface area contributed by atoms with E-state index in [4.69, 9.17) is 9.84 Å². The molecule has 1 aliphatic heterocycles. The molecule has 23 heavy (non-hydrogen) atoms. The van der Waals surface area contributed by atoms with Crippen LogP contribution >= 0.6 is 0 Å². The number of rotatable bonds is 4. The molecule has 1 saturated heterocycles. The molecule has 0 radical (unpaired) electrons. The SMILES string of the molecule is Cc1ccc(CC(=O)NC2CCOC3(C2)CC(C(=O)O)C3)cc1. The maximum absolute atomic E-state index is 12.2. The molecular weight excluding hydrogens is 294 g/mol. The zero-order chi connectivity index (χ0) is 16.4. The van der Waals surface area contributed by atoms with Gasteiger partial charge in [-0.15, -0.1) is 0 Å². The number of aryl methyl sites for hydroxylation is 1. The fraction of sp³-hybridized carbons (Fsp3) is 0.556. The van der Waals surface area contributed by atoms with Gasteiger partial charge in [0, 0.05) is 12.6 Å². The Balaban J connectivity index is 1.51. The molecule has 124 valence electrons. The van der Waals surface area contributed by atoms with Crippen LogP contribution in [0.4, 0.5) is 0 Å². The summed E-state index contributed by atoms with van der Waals surface area (Å²) in [5.41, 5.74) is 1.85. The lowest BCUT2D eigenvalue weighted by Gasteiger charge is -2.50. The van der Waals surface area contributed by atoms with Gasteiger partial charge in [0.25, 0.3) is 0 Å². The van der Waals surface area contributed by atoms with E-state index in [1.807, 2.05) is 31.2 Å². The molecule has 0 bridgehead atoms. The van der Waals surface area contributed by atoms with E-state index in [1.54, 1.807) is 0 Å². The van der Waals surface area contributed by atoms with Crippen molar-refractivity contribution in [3.8, 4) is 0 Å². The second kappa shape index (κ2) is 6.32. The molecule has 2 N–H and O–H groups in total. The van der Waals surface area contributed by atoms with Crippen LogP contribution in [-0.2, 0) is 20.7 Å². The van der Waals surface area contributed by atoms with Gasteiger partial charge in [-0.05, 0) is 38.2 Å². The van der Waals surface area contributed by atoms with Crippen molar-refractivity contribution in [1.29, 1.82) is 0 Å². The Bertz CT molecular complexity index is 590. The third kappa shape index (κ3) is 3.72. The number of hydrogen-bond acceptors (Lipinski definition) is 3. The van der Waals surface area contributed by atoms with Crippen molar-refractivity contribution >= 4 is 11.9 Å². The Labute approximate surface area is 136 Å². The number of aliphatic carboxylic acids is 1. The van der Waals surface area contributed by atoms with Crippen LogP contribution in [0.1, 0.15) is 36.8 Å². The summed E-state index contributed by atoms with van der Waals surface area (Å²) in [5, 5.41) is 12.1. The highest BCUT2D eigenvalue weighted by Crippen LogP contribution is 2.46. The molecule has 1 amide bonds. The highest BCUT2D eigenvalue weighted by molar-refractivity contribution is 5.79. The third-order valence-corrected chi connectivity index (χ3v) is 4.93. The van der Waals surface area contributed by atoms with Crippen LogP contribution in [0.3, 0.4) is 0 Å². The standard InChI is InChI=1S/C18H23NO4/c1-12-2-4-13(5-3-12)8-16(20)19-15-6-7-23-18(11-15)9-14(10-18)17(21)22/h2-5,14-15H,6-11H2,1H3,(H,19,20)(H,21,22). The van der Waals surface area contributed by atoms with E-state index in [1.165, 1.54) is 5.56 Å². The Morgan fingerprint density at radius 3 is 2.61 bits per heavy atom. The average molecular weight is 317 g/mol. The Morgan fingerprint density at radius 1 is 1.26 bits per heavy atom. The van der Waals surface area contributed by atoms with Crippen molar-refractivity contribution in [2.45, 2.75) is 50.7 Å². The maximum Gasteiger partial charge on any atom is 0.306 e. The number of hydrogen-bond donors (Lipinski definition) is 2. The highest BCUT2D eigenvalue weighted by Gasteiger charge is 2.51. The summed E-state index contributed by atoms with van der Waals surface area (Å²) in [6.07, 6.45) is 3.01. The van der Waals surface area contributed by atoms with E-state index >= 15 is 0 Å². The van der Waals surface area contributed by atoms with Gasteiger partial charge in [0.1, 0.15) is 0 Å². The van der Waals surface area contributed by atoms with Gasteiger partial charge in [0.05, 0.1) is 17.9 Å². The van der Waals surface area contributed by atoms with E-state index in [0.29, 0.717) is 25.9 Å². The van der Waals surface area contributed by atoms with Crippen LogP contribution in [0.2, 0.25) is 0 Å². The van der Waals surface area contributed by atoms with E-state index in [0.717, 1.165) is 18.4 Å². The smallest absolute Gasteiger partial charge is 0.306 e. The quantitative estimate of drug-likeness (QED) is 0.891. The van der Waals surface area contributed by atoms with Crippen molar-refractivity contribution < 1.29 is 19.4 Å². The molecule has 5 nitrogen and oxygen atoms in total. The minimum Gasteiger partial charge on any atom is -0.481 e. The first-order valence-corrected chi connectivity index (χ1v) is 8.17. The van der Waals surface area contributed by atoms with Crippen LogP contribution < -0.4 is 5.32 Å². The van der Waals surface area contributed by atoms with Crippen LogP contribution in [0.15, 0.2) is 24.3 Å². The molecule has 5 heteroatoms. The lowest BCUT2D eigenvalue weighted by Crippen LogP contribution is -2.56. The molecular formula is C18H23NO4. The van der Waals surface area contributed by atoms with Crippen molar-refractivity contribution in [2.75, 3.05) is 6.61 Å². The molecule has 3 rings (SSSR count). The number of carbonyl (C=O) groups is 2. The van der Waals surface area contributed by atoms with Crippen LogP contribution in [-0.4, -0.2) is 35.2 Å². The molecule has 1 aromatic rings. The molecule has 1 heterocycles. The average Bonchev–Trinajstić information content (AvgIpc) is 2.47. The first kappa shape index (κ1) is 16.0. The number of amides is 1.